The maximum absolute atomic E-state index is 11.9. The molecule has 1 N–H and O–H groups in total. The van der Waals surface area contributed by atoms with Crippen molar-refractivity contribution in [3.05, 3.63) is 35.5 Å². The highest BCUT2D eigenvalue weighted by molar-refractivity contribution is 6.32. The number of carbonyl (C=O) groups excluding carboxylic acids is 1. The van der Waals surface area contributed by atoms with Gasteiger partial charge in [0, 0.05) is 26.3 Å². The van der Waals surface area contributed by atoms with Crippen molar-refractivity contribution < 1.29 is 4.79 Å². The minimum atomic E-state index is -0.163. The van der Waals surface area contributed by atoms with E-state index in [-0.39, 0.29) is 11.9 Å². The molecule has 104 valence electrons. The molecule has 0 radical (unpaired) electrons. The third-order valence-electron chi connectivity index (χ3n) is 3.11. The zero-order chi connectivity index (χ0) is 14.1. The number of hydrogen-bond acceptors (Lipinski definition) is 5. The summed E-state index contributed by atoms with van der Waals surface area (Å²) in [5.41, 5.74) is 0.422. The number of aryl methyl sites for hydroxylation is 1. The zero-order valence-corrected chi connectivity index (χ0v) is 11.6. The third-order valence-corrected chi connectivity index (χ3v) is 3.38. The van der Waals surface area contributed by atoms with Crippen molar-refractivity contribution in [2.24, 2.45) is 7.05 Å². The first-order chi connectivity index (χ1) is 9.63. The van der Waals surface area contributed by atoms with Crippen LogP contribution in [0.25, 0.3) is 0 Å². The molecule has 1 amide bonds. The van der Waals surface area contributed by atoms with Crippen LogP contribution in [0.2, 0.25) is 5.02 Å². The molecule has 0 bridgehead atoms. The summed E-state index contributed by atoms with van der Waals surface area (Å²) in [5.74, 6) is 0.536. The number of halogens is 1. The van der Waals surface area contributed by atoms with E-state index in [0.29, 0.717) is 29.6 Å². The molecule has 0 aliphatic carbocycles. The molecule has 1 fully saturated rings. The number of nitrogens with one attached hydrogen (secondary N) is 1. The zero-order valence-electron chi connectivity index (χ0n) is 10.8. The summed E-state index contributed by atoms with van der Waals surface area (Å²) in [6.07, 6.45) is 4.76. The van der Waals surface area contributed by atoms with Crippen LogP contribution in [-0.2, 0) is 7.05 Å². The standard InChI is InChI=1S/C12H13ClN6O/c1-18-3-2-10(17-18)12(20)16-8-5-19(6-8)11-9(13)4-14-7-15-11/h2-4,7-8H,5-6H2,1H3,(H,16,20). The van der Waals surface area contributed by atoms with Crippen molar-refractivity contribution in [2.45, 2.75) is 6.04 Å². The lowest BCUT2D eigenvalue weighted by Gasteiger charge is -2.40. The molecule has 2 aromatic heterocycles. The van der Waals surface area contributed by atoms with Gasteiger partial charge in [0.15, 0.2) is 5.82 Å². The summed E-state index contributed by atoms with van der Waals surface area (Å²) < 4.78 is 1.60. The molecule has 0 saturated carbocycles. The summed E-state index contributed by atoms with van der Waals surface area (Å²) in [7, 11) is 1.78. The monoisotopic (exact) mass is 292 g/mol. The van der Waals surface area contributed by atoms with Crippen LogP contribution in [0.1, 0.15) is 10.5 Å². The summed E-state index contributed by atoms with van der Waals surface area (Å²) in [4.78, 5) is 21.9. The van der Waals surface area contributed by atoms with Crippen LogP contribution in [0.5, 0.6) is 0 Å². The molecule has 1 aliphatic heterocycles. The number of anilines is 1. The van der Waals surface area contributed by atoms with Crippen molar-refractivity contribution in [1.82, 2.24) is 25.1 Å². The lowest BCUT2D eigenvalue weighted by Crippen LogP contribution is -2.59. The average molecular weight is 293 g/mol. The highest BCUT2D eigenvalue weighted by Crippen LogP contribution is 2.25. The predicted molar refractivity (Wildman–Crippen MR) is 73.7 cm³/mol. The summed E-state index contributed by atoms with van der Waals surface area (Å²) in [6, 6.07) is 1.77. The van der Waals surface area contributed by atoms with E-state index in [4.69, 9.17) is 11.6 Å². The molecule has 0 spiro atoms. The third kappa shape index (κ3) is 2.44. The van der Waals surface area contributed by atoms with Gasteiger partial charge in [0.05, 0.1) is 12.2 Å². The van der Waals surface area contributed by atoms with E-state index in [2.05, 4.69) is 20.4 Å². The quantitative estimate of drug-likeness (QED) is 0.890. The molecule has 0 atom stereocenters. The molecular formula is C12H13ClN6O. The van der Waals surface area contributed by atoms with Gasteiger partial charge < -0.3 is 10.2 Å². The SMILES string of the molecule is Cn1ccc(C(=O)NC2CN(c3ncncc3Cl)C2)n1. The highest BCUT2D eigenvalue weighted by Gasteiger charge is 2.30. The van der Waals surface area contributed by atoms with Gasteiger partial charge in [-0.25, -0.2) is 9.97 Å². The minimum Gasteiger partial charge on any atom is -0.351 e. The smallest absolute Gasteiger partial charge is 0.272 e. The first-order valence-corrected chi connectivity index (χ1v) is 6.52. The normalized spacial score (nSPS) is 15.0. The van der Waals surface area contributed by atoms with Crippen molar-refractivity contribution >= 4 is 23.3 Å². The second-order valence-electron chi connectivity index (χ2n) is 4.64. The van der Waals surface area contributed by atoms with Gasteiger partial charge in [0.25, 0.3) is 5.91 Å². The van der Waals surface area contributed by atoms with Crippen LogP contribution in [0, 0.1) is 0 Å². The Morgan fingerprint density at radius 1 is 1.50 bits per heavy atom. The molecule has 20 heavy (non-hydrogen) atoms. The fraction of sp³-hybridized carbons (Fsp3) is 0.333. The Morgan fingerprint density at radius 2 is 2.30 bits per heavy atom. The molecule has 2 aromatic rings. The number of aromatic nitrogens is 4. The Kier molecular flexibility index (Phi) is 3.27. The molecular weight excluding hydrogens is 280 g/mol. The second-order valence-corrected chi connectivity index (χ2v) is 5.05. The number of hydrogen-bond donors (Lipinski definition) is 1. The second kappa shape index (κ2) is 5.09. The highest BCUT2D eigenvalue weighted by atomic mass is 35.5. The number of carbonyl (C=O) groups is 1. The summed E-state index contributed by atoms with van der Waals surface area (Å²) in [6.45, 7) is 1.35. The van der Waals surface area contributed by atoms with E-state index in [1.54, 1.807) is 30.2 Å². The molecule has 1 aliphatic rings. The van der Waals surface area contributed by atoms with Crippen LogP contribution in [0.4, 0.5) is 5.82 Å². The van der Waals surface area contributed by atoms with Gasteiger partial charge >= 0.3 is 0 Å². The Balaban J connectivity index is 1.56. The predicted octanol–water partition coefficient (Wildman–Crippen LogP) is 0.482. The maximum atomic E-state index is 11.9. The van der Waals surface area contributed by atoms with E-state index >= 15 is 0 Å². The van der Waals surface area contributed by atoms with Gasteiger partial charge in [-0.15, -0.1) is 0 Å². The number of amides is 1. The topological polar surface area (TPSA) is 75.9 Å². The van der Waals surface area contributed by atoms with E-state index in [0.717, 1.165) is 0 Å². The van der Waals surface area contributed by atoms with Crippen molar-refractivity contribution in [1.29, 1.82) is 0 Å². The first-order valence-electron chi connectivity index (χ1n) is 6.14. The molecule has 8 heteroatoms. The maximum Gasteiger partial charge on any atom is 0.272 e. The summed E-state index contributed by atoms with van der Waals surface area (Å²) in [5, 5.41) is 7.50. The molecule has 3 heterocycles. The Morgan fingerprint density at radius 3 is 2.95 bits per heavy atom. The average Bonchev–Trinajstić information content (AvgIpc) is 2.81. The van der Waals surface area contributed by atoms with Crippen molar-refractivity contribution in [3.63, 3.8) is 0 Å². The lowest BCUT2D eigenvalue weighted by atomic mass is 10.1. The Bertz CT molecular complexity index is 636. The van der Waals surface area contributed by atoms with Crippen molar-refractivity contribution in [3.8, 4) is 0 Å². The van der Waals surface area contributed by atoms with Gasteiger partial charge in [0.1, 0.15) is 17.0 Å². The largest absolute Gasteiger partial charge is 0.351 e. The van der Waals surface area contributed by atoms with Crippen LogP contribution in [-0.4, -0.2) is 44.8 Å². The van der Waals surface area contributed by atoms with E-state index < -0.39 is 0 Å². The van der Waals surface area contributed by atoms with Crippen LogP contribution < -0.4 is 10.2 Å². The van der Waals surface area contributed by atoms with Crippen LogP contribution in [0.3, 0.4) is 0 Å². The van der Waals surface area contributed by atoms with Crippen LogP contribution in [0.15, 0.2) is 24.8 Å². The van der Waals surface area contributed by atoms with E-state index in [9.17, 15) is 4.79 Å². The molecule has 3 rings (SSSR count). The first kappa shape index (κ1) is 12.9. The number of nitrogens with zero attached hydrogens (tertiary/aromatic N) is 5. The van der Waals surface area contributed by atoms with Gasteiger partial charge in [-0.05, 0) is 6.07 Å². The fourth-order valence-electron chi connectivity index (χ4n) is 2.08. The van der Waals surface area contributed by atoms with E-state index in [1.807, 2.05) is 4.90 Å². The summed E-state index contributed by atoms with van der Waals surface area (Å²) >= 11 is 6.02. The van der Waals surface area contributed by atoms with Gasteiger partial charge in [-0.2, -0.15) is 5.10 Å². The van der Waals surface area contributed by atoms with Gasteiger partial charge in [-0.1, -0.05) is 11.6 Å². The van der Waals surface area contributed by atoms with Crippen molar-refractivity contribution in [2.75, 3.05) is 18.0 Å². The lowest BCUT2D eigenvalue weighted by molar-refractivity contribution is 0.0924. The molecule has 0 unspecified atom stereocenters. The van der Waals surface area contributed by atoms with Gasteiger partial charge in [0.2, 0.25) is 0 Å². The van der Waals surface area contributed by atoms with Gasteiger partial charge in [-0.3, -0.25) is 9.48 Å². The fourth-order valence-corrected chi connectivity index (χ4v) is 2.30. The minimum absolute atomic E-state index is 0.0792. The Labute approximate surface area is 120 Å². The Hall–Kier alpha value is -2.15. The molecule has 7 nitrogen and oxygen atoms in total. The van der Waals surface area contributed by atoms with E-state index in [1.165, 1.54) is 6.33 Å². The molecule has 1 saturated heterocycles. The van der Waals surface area contributed by atoms with Crippen LogP contribution >= 0.6 is 11.6 Å². The number of rotatable bonds is 3. The molecule has 0 aromatic carbocycles.